The van der Waals surface area contributed by atoms with E-state index < -0.39 is 17.8 Å². The SMILES string of the molecule is COc1cc(/C=C2\C(=O)NC(=O)N(c3ccc(C)cc3)C2=O)cc(I)c1OCc1ccc(C)c(C)c1. The van der Waals surface area contributed by atoms with Crippen molar-refractivity contribution >= 4 is 52.2 Å². The van der Waals surface area contributed by atoms with Gasteiger partial charge in [-0.3, -0.25) is 14.9 Å². The number of hydrogen-bond acceptors (Lipinski definition) is 5. The van der Waals surface area contributed by atoms with Crippen molar-refractivity contribution in [1.29, 1.82) is 0 Å². The van der Waals surface area contributed by atoms with E-state index in [2.05, 4.69) is 53.9 Å². The number of aryl methyl sites for hydroxylation is 3. The molecule has 1 heterocycles. The van der Waals surface area contributed by atoms with Crippen LogP contribution < -0.4 is 19.7 Å². The van der Waals surface area contributed by atoms with Crippen molar-refractivity contribution in [3.63, 3.8) is 0 Å². The number of halogens is 1. The Hall–Kier alpha value is -3.66. The zero-order chi connectivity index (χ0) is 26.0. The van der Waals surface area contributed by atoms with E-state index in [4.69, 9.17) is 9.47 Å². The molecule has 1 N–H and O–H groups in total. The third kappa shape index (κ3) is 5.28. The molecule has 1 saturated heterocycles. The number of benzene rings is 3. The predicted molar refractivity (Wildman–Crippen MR) is 146 cm³/mol. The highest BCUT2D eigenvalue weighted by molar-refractivity contribution is 14.1. The fraction of sp³-hybridized carbons (Fsp3) is 0.179. The van der Waals surface area contributed by atoms with E-state index in [0.29, 0.717) is 29.4 Å². The predicted octanol–water partition coefficient (Wildman–Crippen LogP) is 5.47. The lowest BCUT2D eigenvalue weighted by Crippen LogP contribution is -2.54. The molecule has 0 radical (unpaired) electrons. The smallest absolute Gasteiger partial charge is 0.335 e. The summed E-state index contributed by atoms with van der Waals surface area (Å²) in [5.74, 6) is -0.420. The number of carbonyl (C=O) groups excluding carboxylic acids is 3. The van der Waals surface area contributed by atoms with E-state index in [1.54, 1.807) is 36.4 Å². The van der Waals surface area contributed by atoms with Gasteiger partial charge in [-0.25, -0.2) is 9.69 Å². The van der Waals surface area contributed by atoms with Crippen molar-refractivity contribution in [3.05, 3.63) is 91.6 Å². The lowest BCUT2D eigenvalue weighted by atomic mass is 10.1. The molecule has 0 bridgehead atoms. The summed E-state index contributed by atoms with van der Waals surface area (Å²) in [6.45, 7) is 6.39. The van der Waals surface area contributed by atoms with Crippen molar-refractivity contribution in [2.24, 2.45) is 0 Å². The van der Waals surface area contributed by atoms with Gasteiger partial charge in [0.15, 0.2) is 11.5 Å². The number of imide groups is 2. The second-order valence-electron chi connectivity index (χ2n) is 8.53. The van der Waals surface area contributed by atoms with E-state index >= 15 is 0 Å². The Morgan fingerprint density at radius 1 is 0.944 bits per heavy atom. The van der Waals surface area contributed by atoms with Crippen molar-refractivity contribution < 1.29 is 23.9 Å². The average molecular weight is 596 g/mol. The summed E-state index contributed by atoms with van der Waals surface area (Å²) < 4.78 is 12.4. The topological polar surface area (TPSA) is 84.9 Å². The molecule has 4 amide bonds. The highest BCUT2D eigenvalue weighted by Gasteiger charge is 2.36. The highest BCUT2D eigenvalue weighted by Crippen LogP contribution is 2.35. The minimum atomic E-state index is -0.784. The normalized spacial score (nSPS) is 14.8. The summed E-state index contributed by atoms with van der Waals surface area (Å²) in [6.07, 6.45) is 1.45. The van der Waals surface area contributed by atoms with Crippen LogP contribution in [0.15, 0.2) is 60.2 Å². The van der Waals surface area contributed by atoms with Crippen LogP contribution in [0.1, 0.15) is 27.8 Å². The second-order valence-corrected chi connectivity index (χ2v) is 9.70. The van der Waals surface area contributed by atoms with Crippen LogP contribution in [0.4, 0.5) is 10.5 Å². The van der Waals surface area contributed by atoms with Crippen molar-refractivity contribution in [2.75, 3.05) is 12.0 Å². The van der Waals surface area contributed by atoms with Crippen molar-refractivity contribution in [2.45, 2.75) is 27.4 Å². The van der Waals surface area contributed by atoms with E-state index in [1.807, 2.05) is 13.0 Å². The van der Waals surface area contributed by atoms with Gasteiger partial charge in [-0.15, -0.1) is 0 Å². The summed E-state index contributed by atoms with van der Waals surface area (Å²) >= 11 is 2.13. The Bertz CT molecular complexity index is 1400. The molecular weight excluding hydrogens is 571 g/mol. The van der Waals surface area contributed by atoms with Crippen LogP contribution in [0.5, 0.6) is 11.5 Å². The van der Waals surface area contributed by atoms with Crippen LogP contribution in [-0.2, 0) is 16.2 Å². The van der Waals surface area contributed by atoms with Crippen LogP contribution in [-0.4, -0.2) is 25.0 Å². The van der Waals surface area contributed by atoms with Crippen molar-refractivity contribution in [1.82, 2.24) is 5.32 Å². The summed E-state index contributed by atoms with van der Waals surface area (Å²) in [6, 6.07) is 15.8. The molecule has 3 aromatic rings. The summed E-state index contributed by atoms with van der Waals surface area (Å²) in [7, 11) is 1.53. The first kappa shape index (κ1) is 25.4. The molecule has 1 aliphatic heterocycles. The lowest BCUT2D eigenvalue weighted by Gasteiger charge is -2.26. The van der Waals surface area contributed by atoms with E-state index in [0.717, 1.165) is 19.6 Å². The molecule has 184 valence electrons. The number of barbiturate groups is 1. The number of amides is 4. The number of anilines is 1. The Kier molecular flexibility index (Phi) is 7.44. The number of rotatable bonds is 6. The number of nitrogens with zero attached hydrogens (tertiary/aromatic N) is 1. The van der Waals surface area contributed by atoms with Crippen LogP contribution in [0.25, 0.3) is 6.08 Å². The average Bonchev–Trinajstić information content (AvgIpc) is 2.84. The molecular formula is C28H25IN2O5. The second kappa shape index (κ2) is 10.5. The standard InChI is InChI=1S/C28H25IN2O5/c1-16-5-9-21(10-6-16)31-27(33)22(26(32)30-28(31)34)12-20-13-23(29)25(24(14-20)35-4)36-15-19-8-7-17(2)18(3)11-19/h5-14H,15H2,1-4H3,(H,30,32,34)/b22-12+. The highest BCUT2D eigenvalue weighted by atomic mass is 127. The first-order valence-corrected chi connectivity index (χ1v) is 12.3. The molecule has 0 saturated carbocycles. The van der Waals surface area contributed by atoms with Gasteiger partial charge in [0.25, 0.3) is 11.8 Å². The largest absolute Gasteiger partial charge is 0.493 e. The molecule has 4 rings (SSSR count). The Balaban J connectivity index is 1.63. The van der Waals surface area contributed by atoms with Gasteiger partial charge in [0.05, 0.1) is 16.4 Å². The third-order valence-electron chi connectivity index (χ3n) is 5.91. The van der Waals surface area contributed by atoms with Crippen LogP contribution in [0.3, 0.4) is 0 Å². The molecule has 7 nitrogen and oxygen atoms in total. The van der Waals surface area contributed by atoms with Gasteiger partial charge in [0.1, 0.15) is 12.2 Å². The van der Waals surface area contributed by atoms with Gasteiger partial charge in [0.2, 0.25) is 0 Å². The van der Waals surface area contributed by atoms with E-state index in [-0.39, 0.29) is 5.57 Å². The number of urea groups is 1. The summed E-state index contributed by atoms with van der Waals surface area (Å²) in [4.78, 5) is 39.1. The maximum Gasteiger partial charge on any atom is 0.335 e. The van der Waals surface area contributed by atoms with Gasteiger partial charge in [-0.05, 0) is 96.0 Å². The fourth-order valence-electron chi connectivity index (χ4n) is 3.76. The maximum absolute atomic E-state index is 13.2. The van der Waals surface area contributed by atoms with Crippen molar-refractivity contribution in [3.8, 4) is 11.5 Å². The molecule has 1 aliphatic rings. The Labute approximate surface area is 223 Å². The van der Waals surface area contributed by atoms with Crippen LogP contribution in [0.2, 0.25) is 0 Å². The molecule has 0 aliphatic carbocycles. The monoisotopic (exact) mass is 596 g/mol. The quantitative estimate of drug-likeness (QED) is 0.232. The third-order valence-corrected chi connectivity index (χ3v) is 6.71. The molecule has 0 atom stereocenters. The minimum Gasteiger partial charge on any atom is -0.493 e. The van der Waals surface area contributed by atoms with Gasteiger partial charge in [-0.2, -0.15) is 0 Å². The molecule has 0 unspecified atom stereocenters. The zero-order valence-electron chi connectivity index (χ0n) is 20.3. The Morgan fingerprint density at radius 3 is 2.33 bits per heavy atom. The molecule has 0 spiro atoms. The first-order valence-electron chi connectivity index (χ1n) is 11.2. The zero-order valence-corrected chi connectivity index (χ0v) is 22.5. The molecule has 0 aromatic heterocycles. The first-order chi connectivity index (χ1) is 17.2. The molecule has 3 aromatic carbocycles. The van der Waals surface area contributed by atoms with Crippen LogP contribution in [0, 0.1) is 24.3 Å². The molecule has 1 fully saturated rings. The van der Waals surface area contributed by atoms with Gasteiger partial charge >= 0.3 is 6.03 Å². The van der Waals surface area contributed by atoms with Gasteiger partial charge < -0.3 is 9.47 Å². The summed E-state index contributed by atoms with van der Waals surface area (Å²) in [5.41, 5.74) is 5.21. The minimum absolute atomic E-state index is 0.156. The number of nitrogens with one attached hydrogen (secondary N) is 1. The Morgan fingerprint density at radius 2 is 1.67 bits per heavy atom. The molecule has 8 heteroatoms. The summed E-state index contributed by atoms with van der Waals surface area (Å²) in [5, 5.41) is 2.25. The number of ether oxygens (including phenoxy) is 2. The van der Waals surface area contributed by atoms with Gasteiger partial charge in [-0.1, -0.05) is 35.9 Å². The molecule has 36 heavy (non-hydrogen) atoms. The number of hydrogen-bond donors (Lipinski definition) is 1. The van der Waals surface area contributed by atoms with E-state index in [9.17, 15) is 14.4 Å². The van der Waals surface area contributed by atoms with Gasteiger partial charge in [0, 0.05) is 0 Å². The van der Waals surface area contributed by atoms with Crippen LogP contribution >= 0.6 is 22.6 Å². The maximum atomic E-state index is 13.2. The fourth-order valence-corrected chi connectivity index (χ4v) is 4.55. The lowest BCUT2D eigenvalue weighted by molar-refractivity contribution is -0.122. The number of carbonyl (C=O) groups is 3. The number of methoxy groups -OCH3 is 1. The van der Waals surface area contributed by atoms with E-state index in [1.165, 1.54) is 24.3 Å².